The van der Waals surface area contributed by atoms with Crippen molar-refractivity contribution in [3.63, 3.8) is 0 Å². The van der Waals surface area contributed by atoms with Crippen molar-refractivity contribution >= 4 is 16.8 Å². The van der Waals surface area contributed by atoms with Crippen molar-refractivity contribution in [1.82, 2.24) is 9.97 Å². The van der Waals surface area contributed by atoms with Crippen LogP contribution in [0.15, 0.2) is 22.7 Å². The van der Waals surface area contributed by atoms with Crippen LogP contribution < -0.4 is 5.73 Å². The monoisotopic (exact) mass is 343 g/mol. The number of furan rings is 1. The molecule has 0 saturated carbocycles. The van der Waals surface area contributed by atoms with Crippen LogP contribution in [0.25, 0.3) is 22.3 Å². The quantitative estimate of drug-likeness (QED) is 0.723. The molecule has 124 valence electrons. The van der Waals surface area contributed by atoms with Gasteiger partial charge in [-0.05, 0) is 19.1 Å². The minimum Gasteiger partial charge on any atom is -0.456 e. The number of hydrogen-bond donors (Lipinski definition) is 1. The van der Waals surface area contributed by atoms with Gasteiger partial charge < -0.3 is 10.2 Å². The third kappa shape index (κ3) is 2.52. The molecule has 0 aliphatic rings. The lowest BCUT2D eigenvalue weighted by atomic mass is 9.97. The maximum Gasteiger partial charge on any atom is 0.434 e. The average Bonchev–Trinajstić information content (AvgIpc) is 2.98. The van der Waals surface area contributed by atoms with E-state index in [2.05, 4.69) is 9.97 Å². The fourth-order valence-electron chi connectivity index (χ4n) is 2.51. The van der Waals surface area contributed by atoms with Crippen molar-refractivity contribution in [2.75, 3.05) is 5.73 Å². The lowest BCUT2D eigenvalue weighted by Gasteiger charge is -2.13. The highest BCUT2D eigenvalue weighted by Crippen LogP contribution is 2.40. The second-order valence-electron chi connectivity index (χ2n) is 5.11. The van der Waals surface area contributed by atoms with Crippen LogP contribution in [0, 0.1) is 29.6 Å². The van der Waals surface area contributed by atoms with Gasteiger partial charge in [-0.2, -0.15) is 23.7 Å². The van der Waals surface area contributed by atoms with E-state index >= 15 is 0 Å². The molecule has 3 rings (SSSR count). The molecule has 0 amide bonds. The third-order valence-electron chi connectivity index (χ3n) is 3.59. The molecule has 0 saturated heterocycles. The van der Waals surface area contributed by atoms with Gasteiger partial charge in [-0.15, -0.1) is 0 Å². The van der Waals surface area contributed by atoms with Crippen LogP contribution in [0.4, 0.5) is 19.0 Å². The number of aromatic nitrogens is 2. The van der Waals surface area contributed by atoms with Crippen molar-refractivity contribution < 1.29 is 17.6 Å². The Bertz CT molecular complexity index is 1090. The first-order chi connectivity index (χ1) is 11.8. The Morgan fingerprint density at radius 2 is 1.88 bits per heavy atom. The Labute approximate surface area is 138 Å². The summed E-state index contributed by atoms with van der Waals surface area (Å²) >= 11 is 0. The van der Waals surface area contributed by atoms with Crippen molar-refractivity contribution in [2.45, 2.75) is 13.1 Å². The molecular formula is C16H8F3N5O. The van der Waals surface area contributed by atoms with Crippen LogP contribution in [0.2, 0.25) is 0 Å². The number of hydrogen-bond acceptors (Lipinski definition) is 6. The van der Waals surface area contributed by atoms with Gasteiger partial charge in [0.25, 0.3) is 0 Å². The van der Waals surface area contributed by atoms with E-state index in [4.69, 9.17) is 10.2 Å². The molecule has 0 unspecified atom stereocenters. The molecule has 2 N–H and O–H groups in total. The van der Waals surface area contributed by atoms with E-state index in [1.807, 2.05) is 0 Å². The molecule has 0 fully saturated rings. The number of fused-ring (bicyclic) bond motifs is 1. The van der Waals surface area contributed by atoms with Gasteiger partial charge in [0.1, 0.15) is 29.3 Å². The second kappa shape index (κ2) is 5.49. The van der Waals surface area contributed by atoms with E-state index < -0.39 is 17.4 Å². The summed E-state index contributed by atoms with van der Waals surface area (Å²) in [6, 6.07) is 6.11. The Morgan fingerprint density at radius 1 is 1.20 bits per heavy atom. The maximum absolute atomic E-state index is 13.3. The normalized spacial score (nSPS) is 11.3. The highest BCUT2D eigenvalue weighted by Gasteiger charge is 2.39. The molecule has 3 aromatic heterocycles. The molecule has 0 aromatic carbocycles. The van der Waals surface area contributed by atoms with Gasteiger partial charge >= 0.3 is 6.18 Å². The van der Waals surface area contributed by atoms with Gasteiger partial charge in [0.15, 0.2) is 5.69 Å². The summed E-state index contributed by atoms with van der Waals surface area (Å²) in [6.45, 7) is 1.26. The lowest BCUT2D eigenvalue weighted by Crippen LogP contribution is -2.14. The van der Waals surface area contributed by atoms with Gasteiger partial charge in [-0.1, -0.05) is 0 Å². The molecule has 25 heavy (non-hydrogen) atoms. The summed E-state index contributed by atoms with van der Waals surface area (Å²) < 4.78 is 45.3. The number of anilines is 1. The topological polar surface area (TPSA) is 113 Å². The Hall–Kier alpha value is -3.59. The predicted octanol–water partition coefficient (Wildman–Crippen LogP) is 3.54. The summed E-state index contributed by atoms with van der Waals surface area (Å²) in [7, 11) is 0. The van der Waals surface area contributed by atoms with Crippen LogP contribution >= 0.6 is 0 Å². The van der Waals surface area contributed by atoms with Crippen LogP contribution in [-0.4, -0.2) is 9.97 Å². The Kier molecular flexibility index (Phi) is 3.58. The molecule has 0 bridgehead atoms. The standard InChI is InChI=1S/C16H8F3N5O/c1-7-9(5-20)13(10(6-21)14(24-7)16(17,18)19)12-4-8-11(25-12)2-3-23-15(8)22/h2-4H,1H3,(H2,22,23). The smallest absolute Gasteiger partial charge is 0.434 e. The van der Waals surface area contributed by atoms with Crippen molar-refractivity contribution in [3.8, 4) is 23.5 Å². The summed E-state index contributed by atoms with van der Waals surface area (Å²) in [5, 5.41) is 19.0. The van der Waals surface area contributed by atoms with E-state index in [1.54, 1.807) is 6.07 Å². The zero-order valence-electron chi connectivity index (χ0n) is 12.6. The van der Waals surface area contributed by atoms with Gasteiger partial charge in [-0.25, -0.2) is 9.97 Å². The summed E-state index contributed by atoms with van der Waals surface area (Å²) in [4.78, 5) is 7.26. The molecule has 0 atom stereocenters. The van der Waals surface area contributed by atoms with Crippen LogP contribution in [0.5, 0.6) is 0 Å². The number of aryl methyl sites for hydroxylation is 1. The van der Waals surface area contributed by atoms with E-state index in [0.29, 0.717) is 5.39 Å². The maximum atomic E-state index is 13.3. The summed E-state index contributed by atoms with van der Waals surface area (Å²) in [6.07, 6.45) is -3.48. The van der Waals surface area contributed by atoms with E-state index in [1.165, 1.54) is 31.3 Å². The molecule has 9 heteroatoms. The van der Waals surface area contributed by atoms with Gasteiger partial charge in [0.2, 0.25) is 0 Å². The number of alkyl halides is 3. The zero-order valence-corrected chi connectivity index (χ0v) is 12.6. The minimum atomic E-state index is -4.86. The number of nitrogens with zero attached hydrogens (tertiary/aromatic N) is 4. The van der Waals surface area contributed by atoms with Gasteiger partial charge in [-0.3, -0.25) is 0 Å². The third-order valence-corrected chi connectivity index (χ3v) is 3.59. The number of nitrogen functional groups attached to an aromatic ring is 1. The molecule has 3 aromatic rings. The van der Waals surface area contributed by atoms with Crippen molar-refractivity contribution in [2.24, 2.45) is 0 Å². The second-order valence-corrected chi connectivity index (χ2v) is 5.11. The highest BCUT2D eigenvalue weighted by molar-refractivity contribution is 5.92. The molecule has 0 aliphatic carbocycles. The number of halogens is 3. The molecule has 6 nitrogen and oxygen atoms in total. The average molecular weight is 343 g/mol. The zero-order chi connectivity index (χ0) is 18.4. The Balaban J connectivity index is 2.45. The van der Waals surface area contributed by atoms with Crippen LogP contribution in [0.1, 0.15) is 22.5 Å². The molecular weight excluding hydrogens is 335 g/mol. The fourth-order valence-corrected chi connectivity index (χ4v) is 2.51. The molecule has 0 radical (unpaired) electrons. The molecule has 0 spiro atoms. The number of rotatable bonds is 1. The number of nitriles is 2. The Morgan fingerprint density at radius 3 is 2.44 bits per heavy atom. The fraction of sp³-hybridized carbons (Fsp3) is 0.125. The minimum absolute atomic E-state index is 0.0844. The predicted molar refractivity (Wildman–Crippen MR) is 80.8 cm³/mol. The van der Waals surface area contributed by atoms with Crippen LogP contribution in [0.3, 0.4) is 0 Å². The van der Waals surface area contributed by atoms with Gasteiger partial charge in [0.05, 0.1) is 27.8 Å². The summed E-state index contributed by atoms with van der Waals surface area (Å²) in [5.74, 6) is 0.0325. The van der Waals surface area contributed by atoms with Crippen LogP contribution in [-0.2, 0) is 6.18 Å². The van der Waals surface area contributed by atoms with Crippen molar-refractivity contribution in [3.05, 3.63) is 40.8 Å². The molecule has 3 heterocycles. The lowest BCUT2D eigenvalue weighted by molar-refractivity contribution is -0.141. The first kappa shape index (κ1) is 16.3. The van der Waals surface area contributed by atoms with Gasteiger partial charge in [0, 0.05) is 6.20 Å². The largest absolute Gasteiger partial charge is 0.456 e. The number of nitrogens with two attached hydrogens (primary N) is 1. The first-order valence-electron chi connectivity index (χ1n) is 6.84. The van der Waals surface area contributed by atoms with Crippen molar-refractivity contribution in [1.29, 1.82) is 10.5 Å². The number of pyridine rings is 2. The van der Waals surface area contributed by atoms with E-state index in [9.17, 15) is 23.7 Å². The van der Waals surface area contributed by atoms with E-state index in [-0.39, 0.29) is 34.0 Å². The SMILES string of the molecule is Cc1nc(C(F)(F)F)c(C#N)c(-c2cc3c(N)nccc3o2)c1C#N. The summed E-state index contributed by atoms with van der Waals surface area (Å²) in [5.41, 5.74) is 3.26. The highest BCUT2D eigenvalue weighted by atomic mass is 19.4. The van der Waals surface area contributed by atoms with E-state index in [0.717, 1.165) is 0 Å². The molecule has 0 aliphatic heterocycles. The first-order valence-corrected chi connectivity index (χ1v) is 6.84.